The van der Waals surface area contributed by atoms with Crippen LogP contribution in [0.4, 0.5) is 5.82 Å². The number of amides is 1. The van der Waals surface area contributed by atoms with Gasteiger partial charge < -0.3 is 22.1 Å². The minimum absolute atomic E-state index is 0.0122. The zero-order chi connectivity index (χ0) is 21.0. The van der Waals surface area contributed by atoms with Crippen LogP contribution in [0.25, 0.3) is 10.9 Å². The van der Waals surface area contributed by atoms with Crippen LogP contribution in [0.15, 0.2) is 23.2 Å². The second-order valence-corrected chi connectivity index (χ2v) is 8.18. The topological polar surface area (TPSA) is 131 Å². The number of aliphatic imine (C=N–C) groups is 1. The maximum absolute atomic E-state index is 12.6. The van der Waals surface area contributed by atoms with Crippen LogP contribution in [0.1, 0.15) is 55.7 Å². The molecule has 3 rings (SSSR count). The number of aryl methyl sites for hydroxylation is 1. The second-order valence-electron chi connectivity index (χ2n) is 8.18. The van der Waals surface area contributed by atoms with E-state index in [0.29, 0.717) is 18.3 Å². The maximum atomic E-state index is 12.6. The Labute approximate surface area is 171 Å². The lowest BCUT2D eigenvalue weighted by atomic mass is 9.90. The summed E-state index contributed by atoms with van der Waals surface area (Å²) in [5.41, 5.74) is 13.1. The van der Waals surface area contributed by atoms with Crippen LogP contribution in [0, 0.1) is 12.8 Å². The number of guanidine groups is 1. The summed E-state index contributed by atoms with van der Waals surface area (Å²) in [6.07, 6.45) is 4.04. The van der Waals surface area contributed by atoms with E-state index < -0.39 is 0 Å². The number of aromatic nitrogens is 2. The minimum Gasteiger partial charge on any atom is -0.370 e. The first-order chi connectivity index (χ1) is 13.8. The number of carbonyl (C=O) groups is 1. The van der Waals surface area contributed by atoms with E-state index in [0.717, 1.165) is 42.1 Å². The van der Waals surface area contributed by atoms with E-state index in [4.69, 9.17) is 11.5 Å². The maximum Gasteiger partial charge on any atom is 0.289 e. The fraction of sp³-hybridized carbons (Fsp3) is 0.524. The Bertz CT molecular complexity index is 905. The van der Waals surface area contributed by atoms with Gasteiger partial charge in [0.2, 0.25) is 5.82 Å². The van der Waals surface area contributed by atoms with Crippen molar-refractivity contribution in [2.45, 2.75) is 58.5 Å². The number of nitrogens with one attached hydrogen (secondary N) is 2. The zero-order valence-corrected chi connectivity index (χ0v) is 17.4. The summed E-state index contributed by atoms with van der Waals surface area (Å²) in [6.45, 7) is 6.69. The molecule has 1 aliphatic carbocycles. The number of anilines is 1. The Hall–Kier alpha value is -2.90. The van der Waals surface area contributed by atoms with Crippen LogP contribution in [0.5, 0.6) is 0 Å². The third kappa shape index (κ3) is 5.34. The van der Waals surface area contributed by atoms with E-state index in [1.807, 2.05) is 39.0 Å². The Kier molecular flexibility index (Phi) is 6.51. The van der Waals surface area contributed by atoms with Crippen molar-refractivity contribution in [3.63, 3.8) is 0 Å². The molecular weight excluding hydrogens is 366 g/mol. The van der Waals surface area contributed by atoms with Gasteiger partial charge in [-0.2, -0.15) is 0 Å². The predicted molar refractivity (Wildman–Crippen MR) is 117 cm³/mol. The molecule has 2 atom stereocenters. The number of hydrogen-bond donors (Lipinski definition) is 4. The summed E-state index contributed by atoms with van der Waals surface area (Å²) in [6, 6.07) is 5.98. The van der Waals surface area contributed by atoms with Crippen molar-refractivity contribution in [3.8, 4) is 0 Å². The fourth-order valence-electron chi connectivity index (χ4n) is 3.63. The molecule has 1 saturated carbocycles. The van der Waals surface area contributed by atoms with Crippen molar-refractivity contribution in [1.82, 2.24) is 15.3 Å². The molecule has 1 aromatic heterocycles. The molecule has 0 spiro atoms. The van der Waals surface area contributed by atoms with Crippen molar-refractivity contribution >= 4 is 28.6 Å². The summed E-state index contributed by atoms with van der Waals surface area (Å²) < 4.78 is 0. The normalized spacial score (nSPS) is 19.2. The standard InChI is InChI=1S/C21H31N7O/c1-12(2)11-24-20(29)19-25-15-9-8-13(3)10-14(15)18(28-19)26-16-6-4-5-7-17(16)27-21(22)23/h8-10,12,16-17H,4-7,11H2,1-3H3,(H,24,29)(H4,22,23,27)(H,25,26,28)/t16-,17+/m0/s1. The highest BCUT2D eigenvalue weighted by atomic mass is 16.2. The Morgan fingerprint density at radius 1 is 1.24 bits per heavy atom. The van der Waals surface area contributed by atoms with Gasteiger partial charge in [0.15, 0.2) is 5.96 Å². The number of rotatable bonds is 6. The number of fused-ring (bicyclic) bond motifs is 1. The monoisotopic (exact) mass is 397 g/mol. The van der Waals surface area contributed by atoms with Gasteiger partial charge in [0.05, 0.1) is 17.6 Å². The summed E-state index contributed by atoms with van der Waals surface area (Å²) >= 11 is 0. The van der Waals surface area contributed by atoms with Crippen LogP contribution in [0.3, 0.4) is 0 Å². The van der Waals surface area contributed by atoms with Gasteiger partial charge in [0, 0.05) is 11.9 Å². The summed E-state index contributed by atoms with van der Waals surface area (Å²) in [7, 11) is 0. The first-order valence-corrected chi connectivity index (χ1v) is 10.3. The van der Waals surface area contributed by atoms with E-state index in [1.165, 1.54) is 0 Å². The van der Waals surface area contributed by atoms with Crippen molar-refractivity contribution in [2.75, 3.05) is 11.9 Å². The first-order valence-electron chi connectivity index (χ1n) is 10.3. The summed E-state index contributed by atoms with van der Waals surface area (Å²) in [4.78, 5) is 26.1. The Morgan fingerprint density at radius 3 is 2.72 bits per heavy atom. The van der Waals surface area contributed by atoms with Crippen LogP contribution in [0.2, 0.25) is 0 Å². The Morgan fingerprint density at radius 2 is 2.00 bits per heavy atom. The molecule has 0 aliphatic heterocycles. The molecule has 156 valence electrons. The zero-order valence-electron chi connectivity index (χ0n) is 17.4. The third-order valence-corrected chi connectivity index (χ3v) is 5.09. The lowest BCUT2D eigenvalue weighted by molar-refractivity contribution is 0.0939. The van der Waals surface area contributed by atoms with E-state index in [-0.39, 0.29) is 29.8 Å². The molecule has 8 heteroatoms. The fourth-order valence-corrected chi connectivity index (χ4v) is 3.63. The molecule has 2 aromatic rings. The average Bonchev–Trinajstić information content (AvgIpc) is 2.67. The van der Waals surface area contributed by atoms with Gasteiger partial charge in [-0.05, 0) is 37.8 Å². The van der Waals surface area contributed by atoms with Crippen molar-refractivity contribution < 1.29 is 4.79 Å². The quantitative estimate of drug-likeness (QED) is 0.437. The molecule has 0 bridgehead atoms. The van der Waals surface area contributed by atoms with Crippen LogP contribution in [-0.4, -0.2) is 40.5 Å². The predicted octanol–water partition coefficient (Wildman–Crippen LogP) is 2.32. The molecule has 8 nitrogen and oxygen atoms in total. The van der Waals surface area contributed by atoms with Crippen molar-refractivity contribution in [3.05, 3.63) is 29.6 Å². The molecule has 1 fully saturated rings. The van der Waals surface area contributed by atoms with Gasteiger partial charge in [-0.15, -0.1) is 0 Å². The van der Waals surface area contributed by atoms with Crippen LogP contribution in [-0.2, 0) is 0 Å². The first kappa shape index (κ1) is 20.8. The molecule has 1 aliphatic rings. The third-order valence-electron chi connectivity index (χ3n) is 5.09. The molecule has 29 heavy (non-hydrogen) atoms. The van der Waals surface area contributed by atoms with Crippen LogP contribution < -0.4 is 22.1 Å². The smallest absolute Gasteiger partial charge is 0.289 e. The summed E-state index contributed by atoms with van der Waals surface area (Å²) in [5.74, 6) is 0.992. The van der Waals surface area contributed by atoms with Crippen LogP contribution >= 0.6 is 0 Å². The Balaban J connectivity index is 1.96. The second kappa shape index (κ2) is 9.07. The molecule has 0 unspecified atom stereocenters. The molecule has 1 aromatic carbocycles. The highest BCUT2D eigenvalue weighted by Gasteiger charge is 2.26. The van der Waals surface area contributed by atoms with E-state index in [9.17, 15) is 4.79 Å². The van der Waals surface area contributed by atoms with Crippen molar-refractivity contribution in [2.24, 2.45) is 22.4 Å². The van der Waals surface area contributed by atoms with Gasteiger partial charge in [-0.3, -0.25) is 4.79 Å². The van der Waals surface area contributed by atoms with Gasteiger partial charge in [-0.25, -0.2) is 15.0 Å². The van der Waals surface area contributed by atoms with Gasteiger partial charge in [0.1, 0.15) is 5.82 Å². The highest BCUT2D eigenvalue weighted by molar-refractivity contribution is 5.96. The SMILES string of the molecule is Cc1ccc2nc(C(=O)NCC(C)C)nc(N[C@H]3CCCC[C@H]3N=C(N)N)c2c1. The van der Waals surface area contributed by atoms with E-state index in [1.54, 1.807) is 0 Å². The molecule has 0 saturated heterocycles. The largest absolute Gasteiger partial charge is 0.370 e. The van der Waals surface area contributed by atoms with Gasteiger partial charge in [-0.1, -0.05) is 38.3 Å². The highest BCUT2D eigenvalue weighted by Crippen LogP contribution is 2.28. The molecule has 6 N–H and O–H groups in total. The molecule has 0 radical (unpaired) electrons. The number of hydrogen-bond acceptors (Lipinski definition) is 5. The minimum atomic E-state index is -0.270. The van der Waals surface area contributed by atoms with Gasteiger partial charge >= 0.3 is 0 Å². The van der Waals surface area contributed by atoms with E-state index >= 15 is 0 Å². The lowest BCUT2D eigenvalue weighted by Crippen LogP contribution is -2.38. The van der Waals surface area contributed by atoms with Crippen molar-refractivity contribution in [1.29, 1.82) is 0 Å². The molecular formula is C21H31N7O. The number of nitrogens with zero attached hydrogens (tertiary/aromatic N) is 3. The van der Waals surface area contributed by atoms with Gasteiger partial charge in [0.25, 0.3) is 5.91 Å². The lowest BCUT2D eigenvalue weighted by Gasteiger charge is -2.30. The molecule has 1 amide bonds. The number of carbonyl (C=O) groups excluding carboxylic acids is 1. The molecule has 1 heterocycles. The average molecular weight is 398 g/mol. The van der Waals surface area contributed by atoms with E-state index in [2.05, 4.69) is 25.6 Å². The number of benzene rings is 1. The number of nitrogens with two attached hydrogens (primary N) is 2. The summed E-state index contributed by atoms with van der Waals surface area (Å²) in [5, 5.41) is 7.30.